The van der Waals surface area contributed by atoms with E-state index in [4.69, 9.17) is 23.2 Å². The summed E-state index contributed by atoms with van der Waals surface area (Å²) >= 11 is 14.4. The van der Waals surface area contributed by atoms with E-state index in [0.29, 0.717) is 16.1 Å². The first-order chi connectivity index (χ1) is 10.1. The summed E-state index contributed by atoms with van der Waals surface area (Å²) in [7, 11) is 0. The molecule has 0 aliphatic heterocycles. The average Bonchev–Trinajstić information content (AvgIpc) is 2.48. The monoisotopic (exact) mass is 433 g/mol. The molecule has 0 amide bonds. The largest absolute Gasteiger partial charge is 0.310 e. The molecule has 0 saturated heterocycles. The molecule has 0 heterocycles. The normalized spacial score (nSPS) is 12.4. The summed E-state index contributed by atoms with van der Waals surface area (Å²) < 4.78 is 1.25. The van der Waals surface area contributed by atoms with Crippen molar-refractivity contribution in [1.29, 1.82) is 0 Å². The minimum atomic E-state index is 0.291. The van der Waals surface area contributed by atoms with Gasteiger partial charge in [-0.15, -0.1) is 0 Å². The Bertz CT molecular complexity index is 584. The minimum Gasteiger partial charge on any atom is -0.310 e. The lowest BCUT2D eigenvalue weighted by Gasteiger charge is -2.19. The molecular formula is C17H18Cl2IN. The Morgan fingerprint density at radius 1 is 1.05 bits per heavy atom. The van der Waals surface area contributed by atoms with Crippen LogP contribution in [0.25, 0.3) is 0 Å². The van der Waals surface area contributed by atoms with Gasteiger partial charge in [-0.1, -0.05) is 48.3 Å². The van der Waals surface area contributed by atoms with Crippen LogP contribution in [-0.2, 0) is 6.42 Å². The predicted octanol–water partition coefficient (Wildman–Crippen LogP) is 5.88. The fourth-order valence-corrected chi connectivity index (χ4v) is 2.90. The summed E-state index contributed by atoms with van der Waals surface area (Å²) in [6.07, 6.45) is 2.01. The van der Waals surface area contributed by atoms with Crippen molar-refractivity contribution in [1.82, 2.24) is 5.32 Å². The molecule has 2 aromatic rings. The summed E-state index contributed by atoms with van der Waals surface area (Å²) in [6.45, 7) is 3.18. The summed E-state index contributed by atoms with van der Waals surface area (Å²) in [6, 6.07) is 14.8. The number of rotatable bonds is 6. The molecule has 4 heteroatoms. The zero-order valence-corrected chi connectivity index (χ0v) is 15.5. The van der Waals surface area contributed by atoms with Gasteiger partial charge in [0, 0.05) is 9.61 Å². The number of nitrogens with one attached hydrogen (secondary N) is 1. The zero-order chi connectivity index (χ0) is 15.2. The minimum absolute atomic E-state index is 0.291. The first kappa shape index (κ1) is 17.1. The molecule has 0 aliphatic rings. The van der Waals surface area contributed by atoms with Gasteiger partial charge in [-0.2, -0.15) is 0 Å². The van der Waals surface area contributed by atoms with Gasteiger partial charge in [-0.25, -0.2) is 0 Å². The second-order valence-electron chi connectivity index (χ2n) is 5.01. The Balaban J connectivity index is 2.19. The van der Waals surface area contributed by atoms with Crippen LogP contribution in [-0.4, -0.2) is 6.54 Å². The quantitative estimate of drug-likeness (QED) is 0.560. The Hall–Kier alpha value is -0.290. The molecule has 1 N–H and O–H groups in total. The maximum absolute atomic E-state index is 6.12. The van der Waals surface area contributed by atoms with Gasteiger partial charge in [0.2, 0.25) is 0 Å². The Labute approximate surface area is 150 Å². The van der Waals surface area contributed by atoms with Crippen molar-refractivity contribution in [2.24, 2.45) is 0 Å². The molecule has 1 unspecified atom stereocenters. The molecule has 0 saturated carbocycles. The molecule has 2 aromatic carbocycles. The van der Waals surface area contributed by atoms with Crippen molar-refractivity contribution < 1.29 is 0 Å². The first-order valence-electron chi connectivity index (χ1n) is 7.03. The number of benzene rings is 2. The van der Waals surface area contributed by atoms with Gasteiger partial charge in [0.05, 0.1) is 10.0 Å². The van der Waals surface area contributed by atoms with E-state index in [1.54, 1.807) is 0 Å². The highest BCUT2D eigenvalue weighted by atomic mass is 127. The van der Waals surface area contributed by atoms with Crippen LogP contribution in [0.4, 0.5) is 0 Å². The number of hydrogen-bond acceptors (Lipinski definition) is 1. The standard InChI is InChI=1S/C17H18Cl2IN/c1-2-9-21-17(13-4-6-14(20)7-5-13)11-12-3-8-15(18)16(19)10-12/h3-8,10,17,21H,2,9,11H2,1H3. The highest BCUT2D eigenvalue weighted by Crippen LogP contribution is 2.26. The van der Waals surface area contributed by atoms with Crippen molar-refractivity contribution in [2.45, 2.75) is 25.8 Å². The third kappa shape index (κ3) is 5.13. The van der Waals surface area contributed by atoms with E-state index >= 15 is 0 Å². The van der Waals surface area contributed by atoms with Gasteiger partial charge in [0.25, 0.3) is 0 Å². The molecule has 112 valence electrons. The predicted molar refractivity (Wildman–Crippen MR) is 100 cm³/mol. The van der Waals surface area contributed by atoms with Crippen LogP contribution in [0.15, 0.2) is 42.5 Å². The molecule has 0 bridgehead atoms. The highest BCUT2D eigenvalue weighted by Gasteiger charge is 2.12. The lowest BCUT2D eigenvalue weighted by molar-refractivity contribution is 0.529. The summed E-state index contributed by atoms with van der Waals surface area (Å²) in [5.74, 6) is 0. The van der Waals surface area contributed by atoms with Crippen LogP contribution in [0.2, 0.25) is 10.0 Å². The Morgan fingerprint density at radius 3 is 2.38 bits per heavy atom. The molecule has 0 aliphatic carbocycles. The van der Waals surface area contributed by atoms with E-state index < -0.39 is 0 Å². The van der Waals surface area contributed by atoms with Crippen molar-refractivity contribution in [3.8, 4) is 0 Å². The third-order valence-electron chi connectivity index (χ3n) is 3.34. The van der Waals surface area contributed by atoms with Gasteiger partial charge in [-0.05, 0) is 77.4 Å². The fraction of sp³-hybridized carbons (Fsp3) is 0.294. The fourth-order valence-electron chi connectivity index (χ4n) is 2.22. The summed E-state index contributed by atoms with van der Waals surface area (Å²) in [5.41, 5.74) is 2.49. The SMILES string of the molecule is CCCNC(Cc1ccc(Cl)c(Cl)c1)c1ccc(I)cc1. The zero-order valence-electron chi connectivity index (χ0n) is 11.9. The lowest BCUT2D eigenvalue weighted by Crippen LogP contribution is -2.24. The highest BCUT2D eigenvalue weighted by molar-refractivity contribution is 14.1. The molecule has 1 nitrogen and oxygen atoms in total. The second kappa shape index (κ2) is 8.37. The van der Waals surface area contributed by atoms with E-state index in [1.807, 2.05) is 18.2 Å². The van der Waals surface area contributed by atoms with E-state index in [0.717, 1.165) is 19.4 Å². The first-order valence-corrected chi connectivity index (χ1v) is 8.86. The molecule has 0 spiro atoms. The molecule has 0 radical (unpaired) electrons. The smallest absolute Gasteiger partial charge is 0.0595 e. The number of halogens is 3. The van der Waals surface area contributed by atoms with Crippen LogP contribution >= 0.6 is 45.8 Å². The summed E-state index contributed by atoms with van der Waals surface area (Å²) in [4.78, 5) is 0. The number of hydrogen-bond donors (Lipinski definition) is 1. The van der Waals surface area contributed by atoms with E-state index in [-0.39, 0.29) is 0 Å². The van der Waals surface area contributed by atoms with E-state index in [9.17, 15) is 0 Å². The Morgan fingerprint density at radius 2 is 1.76 bits per heavy atom. The van der Waals surface area contributed by atoms with Gasteiger partial charge < -0.3 is 5.32 Å². The van der Waals surface area contributed by atoms with Gasteiger partial charge in [0.15, 0.2) is 0 Å². The van der Waals surface area contributed by atoms with E-state index in [2.05, 4.69) is 59.1 Å². The molecular weight excluding hydrogens is 416 g/mol. The van der Waals surface area contributed by atoms with Gasteiger partial charge in [0.1, 0.15) is 0 Å². The molecule has 0 aromatic heterocycles. The van der Waals surface area contributed by atoms with Crippen LogP contribution in [0.1, 0.15) is 30.5 Å². The molecule has 21 heavy (non-hydrogen) atoms. The second-order valence-corrected chi connectivity index (χ2v) is 7.07. The maximum atomic E-state index is 6.12. The van der Waals surface area contributed by atoms with E-state index in [1.165, 1.54) is 14.7 Å². The lowest BCUT2D eigenvalue weighted by atomic mass is 9.99. The van der Waals surface area contributed by atoms with Crippen molar-refractivity contribution in [3.63, 3.8) is 0 Å². The molecule has 1 atom stereocenters. The van der Waals surface area contributed by atoms with Gasteiger partial charge >= 0.3 is 0 Å². The maximum Gasteiger partial charge on any atom is 0.0595 e. The van der Waals surface area contributed by atoms with Crippen LogP contribution < -0.4 is 5.32 Å². The van der Waals surface area contributed by atoms with Gasteiger partial charge in [-0.3, -0.25) is 0 Å². The molecule has 0 fully saturated rings. The third-order valence-corrected chi connectivity index (χ3v) is 4.80. The molecule has 2 rings (SSSR count). The summed E-state index contributed by atoms with van der Waals surface area (Å²) in [5, 5.41) is 4.83. The van der Waals surface area contributed by atoms with Crippen LogP contribution in [0.5, 0.6) is 0 Å². The Kier molecular flexibility index (Phi) is 6.80. The topological polar surface area (TPSA) is 12.0 Å². The van der Waals surface area contributed by atoms with Crippen LogP contribution in [0, 0.1) is 3.57 Å². The van der Waals surface area contributed by atoms with Crippen molar-refractivity contribution in [3.05, 3.63) is 67.2 Å². The van der Waals surface area contributed by atoms with Crippen LogP contribution in [0.3, 0.4) is 0 Å². The van der Waals surface area contributed by atoms with Crippen molar-refractivity contribution >= 4 is 45.8 Å². The van der Waals surface area contributed by atoms with Crippen molar-refractivity contribution in [2.75, 3.05) is 6.54 Å². The average molecular weight is 434 g/mol.